The molecule has 0 bridgehead atoms. The highest BCUT2D eigenvalue weighted by atomic mass is 16.5. The first-order chi connectivity index (χ1) is 9.24. The van der Waals surface area contributed by atoms with E-state index in [2.05, 4.69) is 28.7 Å². The van der Waals surface area contributed by atoms with E-state index in [1.54, 1.807) is 7.11 Å². The van der Waals surface area contributed by atoms with Crippen LogP contribution in [0.3, 0.4) is 0 Å². The van der Waals surface area contributed by atoms with Crippen LogP contribution >= 0.6 is 0 Å². The van der Waals surface area contributed by atoms with Gasteiger partial charge >= 0.3 is 0 Å². The predicted molar refractivity (Wildman–Crippen MR) is 76.1 cm³/mol. The van der Waals surface area contributed by atoms with Gasteiger partial charge in [0.25, 0.3) is 0 Å². The first kappa shape index (κ1) is 16.1. The number of aromatic nitrogens is 2. The van der Waals surface area contributed by atoms with Crippen LogP contribution < -0.4 is 5.32 Å². The van der Waals surface area contributed by atoms with E-state index in [4.69, 9.17) is 9.47 Å². The molecule has 0 saturated carbocycles. The number of methoxy groups -OCH3 is 1. The smallest absolute Gasteiger partial charge is 0.122 e. The van der Waals surface area contributed by atoms with Crippen LogP contribution in [-0.4, -0.2) is 43.0 Å². The van der Waals surface area contributed by atoms with Crippen molar-refractivity contribution in [3.05, 3.63) is 18.2 Å². The minimum Gasteiger partial charge on any atom is -0.383 e. The topological polar surface area (TPSA) is 48.3 Å². The van der Waals surface area contributed by atoms with Crippen molar-refractivity contribution in [2.45, 2.75) is 33.4 Å². The fourth-order valence-electron chi connectivity index (χ4n) is 1.67. The molecule has 110 valence electrons. The molecular weight excluding hydrogens is 242 g/mol. The normalized spacial score (nSPS) is 11.4. The number of ether oxygens (including phenoxy) is 2. The SMILES string of the molecule is COCCNCc1nccn1CCOCCC(C)C. The van der Waals surface area contributed by atoms with Gasteiger partial charge in [0.1, 0.15) is 5.82 Å². The minimum absolute atomic E-state index is 0.703. The third-order valence-electron chi connectivity index (χ3n) is 2.88. The molecule has 1 heterocycles. The third kappa shape index (κ3) is 7.30. The van der Waals surface area contributed by atoms with Crippen molar-refractivity contribution in [1.29, 1.82) is 0 Å². The Kier molecular flexibility index (Phi) is 8.45. The lowest BCUT2D eigenvalue weighted by Gasteiger charge is -2.10. The lowest BCUT2D eigenvalue weighted by molar-refractivity contribution is 0.115. The second kappa shape index (κ2) is 9.95. The van der Waals surface area contributed by atoms with Crippen molar-refractivity contribution in [2.75, 3.05) is 33.5 Å². The number of nitrogens with one attached hydrogen (secondary N) is 1. The van der Waals surface area contributed by atoms with E-state index in [1.807, 2.05) is 12.4 Å². The molecule has 1 N–H and O–H groups in total. The van der Waals surface area contributed by atoms with Gasteiger partial charge in [-0.2, -0.15) is 0 Å². The minimum atomic E-state index is 0.703. The summed E-state index contributed by atoms with van der Waals surface area (Å²) in [6.45, 7) is 9.20. The lowest BCUT2D eigenvalue weighted by Crippen LogP contribution is -2.21. The second-order valence-electron chi connectivity index (χ2n) is 5.00. The Morgan fingerprint density at radius 1 is 1.32 bits per heavy atom. The number of imidazole rings is 1. The van der Waals surface area contributed by atoms with Gasteiger partial charge in [0.15, 0.2) is 0 Å². The lowest BCUT2D eigenvalue weighted by atomic mass is 10.1. The maximum Gasteiger partial charge on any atom is 0.122 e. The fourth-order valence-corrected chi connectivity index (χ4v) is 1.67. The number of nitrogens with zero attached hydrogens (tertiary/aromatic N) is 2. The predicted octanol–water partition coefficient (Wildman–Crippen LogP) is 1.68. The average molecular weight is 269 g/mol. The number of hydrogen-bond donors (Lipinski definition) is 1. The van der Waals surface area contributed by atoms with E-state index in [-0.39, 0.29) is 0 Å². The molecule has 19 heavy (non-hydrogen) atoms. The summed E-state index contributed by atoms with van der Waals surface area (Å²) < 4.78 is 12.8. The van der Waals surface area contributed by atoms with Crippen LogP contribution in [0.5, 0.6) is 0 Å². The summed E-state index contributed by atoms with van der Waals surface area (Å²) in [5.41, 5.74) is 0. The molecule has 0 aliphatic heterocycles. The Balaban J connectivity index is 2.17. The number of hydrogen-bond acceptors (Lipinski definition) is 4. The Bertz CT molecular complexity index is 326. The Morgan fingerprint density at radius 2 is 2.16 bits per heavy atom. The van der Waals surface area contributed by atoms with Crippen LogP contribution in [0.4, 0.5) is 0 Å². The van der Waals surface area contributed by atoms with E-state index < -0.39 is 0 Å². The molecule has 0 radical (unpaired) electrons. The van der Waals surface area contributed by atoms with Crippen molar-refractivity contribution in [3.63, 3.8) is 0 Å². The first-order valence-corrected chi connectivity index (χ1v) is 7.01. The highest BCUT2D eigenvalue weighted by molar-refractivity contribution is 4.91. The molecule has 0 amide bonds. The molecule has 1 rings (SSSR count). The molecule has 0 unspecified atom stereocenters. The molecule has 0 aliphatic rings. The van der Waals surface area contributed by atoms with Crippen LogP contribution in [0.2, 0.25) is 0 Å². The number of rotatable bonds is 11. The molecule has 0 aromatic carbocycles. The van der Waals surface area contributed by atoms with E-state index in [0.717, 1.165) is 51.7 Å². The van der Waals surface area contributed by atoms with E-state index in [0.29, 0.717) is 5.92 Å². The molecule has 0 atom stereocenters. The fraction of sp³-hybridized carbons (Fsp3) is 0.786. The van der Waals surface area contributed by atoms with E-state index in [1.165, 1.54) is 0 Å². The van der Waals surface area contributed by atoms with Crippen LogP contribution in [-0.2, 0) is 22.6 Å². The first-order valence-electron chi connectivity index (χ1n) is 7.01. The molecule has 1 aromatic rings. The van der Waals surface area contributed by atoms with Gasteiger partial charge < -0.3 is 19.4 Å². The van der Waals surface area contributed by atoms with Crippen molar-refractivity contribution in [1.82, 2.24) is 14.9 Å². The zero-order chi connectivity index (χ0) is 13.9. The van der Waals surface area contributed by atoms with Crippen molar-refractivity contribution in [3.8, 4) is 0 Å². The molecule has 5 heteroatoms. The maximum atomic E-state index is 5.63. The summed E-state index contributed by atoms with van der Waals surface area (Å²) in [6.07, 6.45) is 4.95. The average Bonchev–Trinajstić information content (AvgIpc) is 2.81. The monoisotopic (exact) mass is 269 g/mol. The summed E-state index contributed by atoms with van der Waals surface area (Å²) >= 11 is 0. The second-order valence-corrected chi connectivity index (χ2v) is 5.00. The molecule has 0 aliphatic carbocycles. The molecule has 0 fully saturated rings. The van der Waals surface area contributed by atoms with Gasteiger partial charge in [0.2, 0.25) is 0 Å². The van der Waals surface area contributed by atoms with Gasteiger partial charge in [-0.1, -0.05) is 13.8 Å². The zero-order valence-corrected chi connectivity index (χ0v) is 12.4. The van der Waals surface area contributed by atoms with Crippen LogP contribution in [0.25, 0.3) is 0 Å². The van der Waals surface area contributed by atoms with Crippen LogP contribution in [0.1, 0.15) is 26.1 Å². The summed E-state index contributed by atoms with van der Waals surface area (Å²) in [5.74, 6) is 1.75. The van der Waals surface area contributed by atoms with E-state index in [9.17, 15) is 0 Å². The molecule has 0 spiro atoms. The van der Waals surface area contributed by atoms with Gasteiger partial charge in [-0.05, 0) is 12.3 Å². The highest BCUT2D eigenvalue weighted by Gasteiger charge is 2.02. The summed E-state index contributed by atoms with van der Waals surface area (Å²) in [5, 5.41) is 3.30. The zero-order valence-electron chi connectivity index (χ0n) is 12.4. The van der Waals surface area contributed by atoms with Gasteiger partial charge in [-0.25, -0.2) is 4.98 Å². The van der Waals surface area contributed by atoms with Crippen LogP contribution in [0.15, 0.2) is 12.4 Å². The summed E-state index contributed by atoms with van der Waals surface area (Å²) in [7, 11) is 1.71. The van der Waals surface area contributed by atoms with E-state index >= 15 is 0 Å². The standard InChI is InChI=1S/C14H27N3O2/c1-13(2)4-9-19-11-8-17-7-5-16-14(17)12-15-6-10-18-3/h5,7,13,15H,4,6,8-12H2,1-3H3. The van der Waals surface area contributed by atoms with Gasteiger partial charge in [-0.3, -0.25) is 0 Å². The Morgan fingerprint density at radius 3 is 2.89 bits per heavy atom. The maximum absolute atomic E-state index is 5.63. The van der Waals surface area contributed by atoms with Crippen LogP contribution in [0, 0.1) is 5.92 Å². The van der Waals surface area contributed by atoms with Gasteiger partial charge in [0.05, 0.1) is 19.8 Å². The van der Waals surface area contributed by atoms with Crippen molar-refractivity contribution < 1.29 is 9.47 Å². The summed E-state index contributed by atoms with van der Waals surface area (Å²) in [4.78, 5) is 4.35. The van der Waals surface area contributed by atoms with Gasteiger partial charge in [0, 0.05) is 39.2 Å². The molecular formula is C14H27N3O2. The molecule has 1 aromatic heterocycles. The Hall–Kier alpha value is -0.910. The highest BCUT2D eigenvalue weighted by Crippen LogP contribution is 2.00. The Labute approximate surface area is 116 Å². The summed E-state index contributed by atoms with van der Waals surface area (Å²) in [6, 6.07) is 0. The third-order valence-corrected chi connectivity index (χ3v) is 2.88. The van der Waals surface area contributed by atoms with Gasteiger partial charge in [-0.15, -0.1) is 0 Å². The van der Waals surface area contributed by atoms with Crippen molar-refractivity contribution >= 4 is 0 Å². The quantitative estimate of drug-likeness (QED) is 0.621. The largest absolute Gasteiger partial charge is 0.383 e. The van der Waals surface area contributed by atoms with Crippen molar-refractivity contribution in [2.24, 2.45) is 5.92 Å². The molecule has 0 saturated heterocycles. The molecule has 5 nitrogen and oxygen atoms in total.